The summed E-state index contributed by atoms with van der Waals surface area (Å²) in [5.74, 6) is -0.713. The highest BCUT2D eigenvalue weighted by Gasteiger charge is 2.16. The van der Waals surface area contributed by atoms with Gasteiger partial charge in [-0.1, -0.05) is 18.3 Å². The average Bonchev–Trinajstić information content (AvgIpc) is 3.28. The zero-order valence-corrected chi connectivity index (χ0v) is 17.6. The smallest absolute Gasteiger partial charge is 0.184 e. The maximum atomic E-state index is 13.8. The zero-order valence-electron chi connectivity index (χ0n) is 15.2. The summed E-state index contributed by atoms with van der Waals surface area (Å²) in [6.07, 6.45) is 2.35. The van der Waals surface area contributed by atoms with Crippen LogP contribution in [0.5, 0.6) is 0 Å². The number of nitrogens with one attached hydrogen (secondary N) is 1. The van der Waals surface area contributed by atoms with Crippen LogP contribution in [0.15, 0.2) is 41.0 Å². The fourth-order valence-corrected chi connectivity index (χ4v) is 4.14. The van der Waals surface area contributed by atoms with Crippen molar-refractivity contribution in [2.45, 2.75) is 19.9 Å². The third kappa shape index (κ3) is 3.73. The lowest BCUT2D eigenvalue weighted by Gasteiger charge is -2.06. The molecule has 0 aliphatic rings. The van der Waals surface area contributed by atoms with Gasteiger partial charge in [0.15, 0.2) is 5.13 Å². The molecule has 5 nitrogen and oxygen atoms in total. The molecule has 0 bridgehead atoms. The van der Waals surface area contributed by atoms with Crippen LogP contribution in [0, 0.1) is 23.0 Å². The second kappa shape index (κ2) is 7.89. The van der Waals surface area contributed by atoms with Crippen molar-refractivity contribution in [3.05, 3.63) is 68.9 Å². The molecule has 29 heavy (non-hydrogen) atoms. The SMILES string of the molecule is CCc1nc2cc(F)c(Br)cn2c1CNc1nc(-c2ccc(F)cc2)c(C#N)s1. The van der Waals surface area contributed by atoms with Crippen LogP contribution in [0.1, 0.15) is 23.2 Å². The minimum atomic E-state index is -0.368. The third-order valence-electron chi connectivity index (χ3n) is 4.43. The van der Waals surface area contributed by atoms with Gasteiger partial charge in [0, 0.05) is 17.8 Å². The molecule has 0 saturated heterocycles. The molecule has 1 aromatic carbocycles. The molecule has 0 unspecified atom stereocenters. The summed E-state index contributed by atoms with van der Waals surface area (Å²) in [6, 6.07) is 9.40. The number of hydrogen-bond donors (Lipinski definition) is 1. The van der Waals surface area contributed by atoms with Gasteiger partial charge in [-0.05, 0) is 46.6 Å². The van der Waals surface area contributed by atoms with Gasteiger partial charge in [0.2, 0.25) is 0 Å². The lowest BCUT2D eigenvalue weighted by Crippen LogP contribution is -2.05. The highest BCUT2D eigenvalue weighted by Crippen LogP contribution is 2.31. The van der Waals surface area contributed by atoms with E-state index >= 15 is 0 Å². The van der Waals surface area contributed by atoms with Crippen LogP contribution >= 0.6 is 27.3 Å². The molecular formula is C20H14BrF2N5S. The van der Waals surface area contributed by atoms with Gasteiger partial charge in [-0.15, -0.1) is 0 Å². The van der Waals surface area contributed by atoms with Gasteiger partial charge in [0.25, 0.3) is 0 Å². The molecule has 0 fully saturated rings. The van der Waals surface area contributed by atoms with Crippen LogP contribution in [-0.4, -0.2) is 14.4 Å². The van der Waals surface area contributed by atoms with Crippen LogP contribution < -0.4 is 5.32 Å². The van der Waals surface area contributed by atoms with Gasteiger partial charge in [-0.3, -0.25) is 0 Å². The molecule has 0 aliphatic heterocycles. The molecule has 0 saturated carbocycles. The molecule has 3 aromatic heterocycles. The number of imidazole rings is 1. The Hall–Kier alpha value is -2.83. The van der Waals surface area contributed by atoms with E-state index in [1.807, 2.05) is 11.3 Å². The van der Waals surface area contributed by atoms with E-state index in [1.165, 1.54) is 29.5 Å². The van der Waals surface area contributed by atoms with E-state index in [0.717, 1.165) is 11.4 Å². The van der Waals surface area contributed by atoms with Gasteiger partial charge >= 0.3 is 0 Å². The number of aryl methyl sites for hydroxylation is 1. The van der Waals surface area contributed by atoms with E-state index in [0.29, 0.717) is 44.4 Å². The van der Waals surface area contributed by atoms with Gasteiger partial charge in [-0.25, -0.2) is 18.7 Å². The van der Waals surface area contributed by atoms with Crippen LogP contribution in [0.25, 0.3) is 16.9 Å². The molecule has 0 atom stereocenters. The summed E-state index contributed by atoms with van der Waals surface area (Å²) in [5, 5.41) is 13.2. The molecule has 0 amide bonds. The summed E-state index contributed by atoms with van der Waals surface area (Å²) >= 11 is 4.44. The molecule has 1 N–H and O–H groups in total. The van der Waals surface area contributed by atoms with Crippen molar-refractivity contribution in [1.82, 2.24) is 14.4 Å². The summed E-state index contributed by atoms with van der Waals surface area (Å²) < 4.78 is 29.2. The zero-order chi connectivity index (χ0) is 20.5. The molecule has 4 rings (SSSR count). The van der Waals surface area contributed by atoms with Crippen LogP contribution in [0.3, 0.4) is 0 Å². The Morgan fingerprint density at radius 1 is 1.24 bits per heavy atom. The number of rotatable bonds is 5. The Bertz CT molecular complexity index is 1240. The molecular weight excluding hydrogens is 460 g/mol. The monoisotopic (exact) mass is 473 g/mol. The molecule has 3 heterocycles. The highest BCUT2D eigenvalue weighted by atomic mass is 79.9. The van der Waals surface area contributed by atoms with Crippen molar-refractivity contribution in [2.75, 3.05) is 5.32 Å². The first-order valence-electron chi connectivity index (χ1n) is 8.75. The molecule has 4 aromatic rings. The minimum Gasteiger partial charge on any atom is -0.356 e. The van der Waals surface area contributed by atoms with E-state index in [-0.39, 0.29) is 11.6 Å². The number of benzene rings is 1. The predicted octanol–water partition coefficient (Wildman–Crippen LogP) is 5.54. The maximum absolute atomic E-state index is 13.8. The summed E-state index contributed by atoms with van der Waals surface area (Å²) in [4.78, 5) is 9.45. The van der Waals surface area contributed by atoms with E-state index in [2.05, 4.69) is 37.3 Å². The second-order valence-corrected chi connectivity index (χ2v) is 8.08. The average molecular weight is 474 g/mol. The van der Waals surface area contributed by atoms with E-state index in [9.17, 15) is 14.0 Å². The topological polar surface area (TPSA) is 66.0 Å². The number of fused-ring (bicyclic) bond motifs is 1. The Morgan fingerprint density at radius 3 is 2.69 bits per heavy atom. The lowest BCUT2D eigenvalue weighted by atomic mass is 10.1. The van der Waals surface area contributed by atoms with Crippen LogP contribution in [0.4, 0.5) is 13.9 Å². The number of halogens is 3. The van der Waals surface area contributed by atoms with Crippen molar-refractivity contribution in [3.8, 4) is 17.3 Å². The fourth-order valence-electron chi connectivity index (χ4n) is 3.04. The normalized spacial score (nSPS) is 11.0. The lowest BCUT2D eigenvalue weighted by molar-refractivity contribution is 0.619. The number of pyridine rings is 1. The largest absolute Gasteiger partial charge is 0.356 e. The molecule has 0 aliphatic carbocycles. The first-order valence-corrected chi connectivity index (χ1v) is 10.4. The standard InChI is InChI=1S/C20H14BrF2N5S/c1-2-15-16(28-10-13(21)14(23)7-18(28)26-15)9-25-20-27-19(17(8-24)29-20)11-3-5-12(22)6-4-11/h3-7,10H,2,9H2,1H3,(H,25,27). The first kappa shape index (κ1) is 19.5. The van der Waals surface area contributed by atoms with E-state index in [1.54, 1.807) is 18.3 Å². The first-order chi connectivity index (χ1) is 14.0. The van der Waals surface area contributed by atoms with Gasteiger partial charge in [0.1, 0.15) is 33.9 Å². The Kier molecular flexibility index (Phi) is 5.30. The number of aromatic nitrogens is 3. The maximum Gasteiger partial charge on any atom is 0.184 e. The predicted molar refractivity (Wildman–Crippen MR) is 112 cm³/mol. The van der Waals surface area contributed by atoms with E-state index < -0.39 is 0 Å². The molecule has 0 radical (unpaired) electrons. The van der Waals surface area contributed by atoms with Crippen LogP contribution in [-0.2, 0) is 13.0 Å². The number of nitriles is 1. The van der Waals surface area contributed by atoms with Crippen molar-refractivity contribution in [3.63, 3.8) is 0 Å². The third-order valence-corrected chi connectivity index (χ3v) is 5.94. The number of thiazole rings is 1. The van der Waals surface area contributed by atoms with Crippen LogP contribution in [0.2, 0.25) is 0 Å². The summed E-state index contributed by atoms with van der Waals surface area (Å²) in [5.41, 5.74) is 3.46. The van der Waals surface area contributed by atoms with E-state index in [4.69, 9.17) is 0 Å². The summed E-state index contributed by atoms with van der Waals surface area (Å²) in [6.45, 7) is 2.39. The van der Waals surface area contributed by atoms with Crippen molar-refractivity contribution < 1.29 is 8.78 Å². The number of anilines is 1. The molecule has 0 spiro atoms. The summed E-state index contributed by atoms with van der Waals surface area (Å²) in [7, 11) is 0. The Morgan fingerprint density at radius 2 is 2.00 bits per heavy atom. The Labute approximate surface area is 177 Å². The van der Waals surface area contributed by atoms with Gasteiger partial charge in [-0.2, -0.15) is 5.26 Å². The Balaban J connectivity index is 1.65. The van der Waals surface area contributed by atoms with Crippen molar-refractivity contribution >= 4 is 38.0 Å². The fraction of sp³-hybridized carbons (Fsp3) is 0.150. The van der Waals surface area contributed by atoms with Crippen molar-refractivity contribution in [1.29, 1.82) is 5.26 Å². The minimum absolute atomic E-state index is 0.344. The van der Waals surface area contributed by atoms with Gasteiger partial charge in [0.05, 0.1) is 22.4 Å². The highest BCUT2D eigenvalue weighted by molar-refractivity contribution is 9.10. The second-order valence-electron chi connectivity index (χ2n) is 6.23. The quantitative estimate of drug-likeness (QED) is 0.412. The van der Waals surface area contributed by atoms with Gasteiger partial charge < -0.3 is 9.72 Å². The van der Waals surface area contributed by atoms with Crippen molar-refractivity contribution in [2.24, 2.45) is 0 Å². The molecule has 9 heteroatoms. The number of hydrogen-bond acceptors (Lipinski definition) is 5. The molecule has 146 valence electrons. The number of nitrogens with zero attached hydrogens (tertiary/aromatic N) is 4.